The van der Waals surface area contributed by atoms with Crippen LogP contribution >= 0.6 is 0 Å². The summed E-state index contributed by atoms with van der Waals surface area (Å²) in [6.45, 7) is 18.6. The summed E-state index contributed by atoms with van der Waals surface area (Å²) in [6, 6.07) is 37.1. The van der Waals surface area contributed by atoms with Crippen LogP contribution in [0.4, 0.5) is 0 Å². The van der Waals surface area contributed by atoms with Crippen LogP contribution in [0.2, 0.25) is 0 Å². The van der Waals surface area contributed by atoms with Crippen molar-refractivity contribution < 1.29 is 0 Å². The molecule has 246 valence electrons. The highest BCUT2D eigenvalue weighted by molar-refractivity contribution is 5.85. The summed E-state index contributed by atoms with van der Waals surface area (Å²) in [4.78, 5) is 10.3. The van der Waals surface area contributed by atoms with Gasteiger partial charge in [-0.2, -0.15) is 0 Å². The van der Waals surface area contributed by atoms with Gasteiger partial charge in [0.15, 0.2) is 5.82 Å². The van der Waals surface area contributed by atoms with Crippen LogP contribution in [0, 0.1) is 10.8 Å². The maximum atomic E-state index is 5.16. The summed E-state index contributed by atoms with van der Waals surface area (Å²) < 4.78 is 0. The first kappa shape index (κ1) is 32.7. The molecule has 0 bridgehead atoms. The second-order valence-corrected chi connectivity index (χ2v) is 16.3. The topological polar surface area (TPSA) is 25.8 Å². The highest BCUT2D eigenvalue weighted by Crippen LogP contribution is 2.49. The van der Waals surface area contributed by atoms with Crippen molar-refractivity contribution >= 4 is 5.57 Å². The highest BCUT2D eigenvalue weighted by atomic mass is 14.9. The van der Waals surface area contributed by atoms with E-state index in [1.807, 2.05) is 6.07 Å². The van der Waals surface area contributed by atoms with Crippen LogP contribution in [0.25, 0.3) is 50.6 Å². The van der Waals surface area contributed by atoms with Crippen molar-refractivity contribution in [2.75, 3.05) is 0 Å². The number of allylic oxidation sites excluding steroid dienone is 6. The molecule has 0 radical (unpaired) electrons. The quantitative estimate of drug-likeness (QED) is 0.195. The molecule has 7 rings (SSSR count). The Balaban J connectivity index is 1.33. The molecule has 2 aliphatic carbocycles. The summed E-state index contributed by atoms with van der Waals surface area (Å²) in [5.41, 5.74) is 16.0. The average Bonchev–Trinajstić information content (AvgIpc) is 3.30. The highest BCUT2D eigenvalue weighted by Gasteiger charge is 2.35. The Hall–Kier alpha value is -4.82. The van der Waals surface area contributed by atoms with E-state index in [0.717, 1.165) is 46.7 Å². The first-order valence-electron chi connectivity index (χ1n) is 17.7. The van der Waals surface area contributed by atoms with E-state index in [1.54, 1.807) is 0 Å². The molecule has 1 aromatic heterocycles. The Morgan fingerprint density at radius 2 is 1.16 bits per heavy atom. The summed E-state index contributed by atoms with van der Waals surface area (Å²) in [7, 11) is 0. The van der Waals surface area contributed by atoms with Crippen molar-refractivity contribution in [2.45, 2.75) is 73.6 Å². The second-order valence-electron chi connectivity index (χ2n) is 16.3. The molecule has 5 aromatic rings. The smallest absolute Gasteiger partial charge is 0.160 e. The van der Waals surface area contributed by atoms with Gasteiger partial charge >= 0.3 is 0 Å². The molecule has 49 heavy (non-hydrogen) atoms. The van der Waals surface area contributed by atoms with Crippen molar-refractivity contribution in [1.29, 1.82) is 0 Å². The molecule has 0 N–H and O–H groups in total. The van der Waals surface area contributed by atoms with E-state index >= 15 is 0 Å². The van der Waals surface area contributed by atoms with Crippen molar-refractivity contribution in [3.05, 3.63) is 149 Å². The number of nitrogens with zero attached hydrogens (tertiary/aromatic N) is 2. The fourth-order valence-corrected chi connectivity index (χ4v) is 7.59. The molecule has 0 aliphatic heterocycles. The lowest BCUT2D eigenvalue weighted by molar-refractivity contribution is 0.480. The van der Waals surface area contributed by atoms with E-state index in [4.69, 9.17) is 9.97 Å². The summed E-state index contributed by atoms with van der Waals surface area (Å²) in [6.07, 6.45) is 9.36. The normalized spacial score (nSPS) is 18.9. The number of benzene rings is 4. The maximum Gasteiger partial charge on any atom is 0.160 e. The van der Waals surface area contributed by atoms with Gasteiger partial charge in [0.25, 0.3) is 0 Å². The fourth-order valence-electron chi connectivity index (χ4n) is 7.59. The lowest BCUT2D eigenvalue weighted by atomic mass is 9.76. The minimum absolute atomic E-state index is 0.0315. The monoisotopic (exact) mass is 640 g/mol. The minimum atomic E-state index is -0.0315. The van der Waals surface area contributed by atoms with Gasteiger partial charge in [-0.3, -0.25) is 0 Å². The Kier molecular flexibility index (Phi) is 8.18. The van der Waals surface area contributed by atoms with Gasteiger partial charge in [-0.1, -0.05) is 170 Å². The van der Waals surface area contributed by atoms with Gasteiger partial charge in [-0.25, -0.2) is 9.97 Å². The zero-order chi connectivity index (χ0) is 34.6. The van der Waals surface area contributed by atoms with Crippen LogP contribution in [-0.2, 0) is 5.41 Å². The van der Waals surface area contributed by atoms with Gasteiger partial charge in [0.05, 0.1) is 11.4 Å². The molecule has 2 heteroatoms. The zero-order valence-electron chi connectivity index (χ0n) is 30.4. The van der Waals surface area contributed by atoms with E-state index < -0.39 is 0 Å². The van der Waals surface area contributed by atoms with Crippen molar-refractivity contribution in [1.82, 2.24) is 9.97 Å². The first-order chi connectivity index (χ1) is 23.3. The van der Waals surface area contributed by atoms with E-state index in [1.165, 1.54) is 44.5 Å². The van der Waals surface area contributed by atoms with E-state index in [0.29, 0.717) is 0 Å². The van der Waals surface area contributed by atoms with Crippen molar-refractivity contribution in [2.24, 2.45) is 10.8 Å². The predicted octanol–water partition coefficient (Wildman–Crippen LogP) is 12.9. The summed E-state index contributed by atoms with van der Waals surface area (Å²) >= 11 is 0. The van der Waals surface area contributed by atoms with Crippen LogP contribution in [-0.4, -0.2) is 9.97 Å². The minimum Gasteiger partial charge on any atom is -0.228 e. The Bertz CT molecular complexity index is 2130. The molecule has 0 unspecified atom stereocenters. The van der Waals surface area contributed by atoms with E-state index in [-0.39, 0.29) is 16.2 Å². The third-order valence-corrected chi connectivity index (χ3v) is 10.4. The van der Waals surface area contributed by atoms with E-state index in [2.05, 4.69) is 171 Å². The van der Waals surface area contributed by atoms with Gasteiger partial charge in [-0.05, 0) is 74.8 Å². The molecule has 2 nitrogen and oxygen atoms in total. The maximum absolute atomic E-state index is 5.16. The third-order valence-electron chi connectivity index (χ3n) is 10.4. The summed E-state index contributed by atoms with van der Waals surface area (Å²) in [5.74, 6) is 0.735. The first-order valence-corrected chi connectivity index (χ1v) is 17.7. The average molecular weight is 641 g/mol. The second kappa shape index (κ2) is 12.3. The van der Waals surface area contributed by atoms with Crippen molar-refractivity contribution in [3.63, 3.8) is 0 Å². The van der Waals surface area contributed by atoms with Gasteiger partial charge in [-0.15, -0.1) is 0 Å². The number of hydrogen-bond donors (Lipinski definition) is 0. The van der Waals surface area contributed by atoms with E-state index in [9.17, 15) is 0 Å². The molecule has 0 saturated heterocycles. The third kappa shape index (κ3) is 6.26. The van der Waals surface area contributed by atoms with Crippen LogP contribution < -0.4 is 0 Å². The molecule has 0 amide bonds. The molecular formula is C47H48N2. The van der Waals surface area contributed by atoms with Gasteiger partial charge in [0.2, 0.25) is 0 Å². The largest absolute Gasteiger partial charge is 0.228 e. The lowest BCUT2D eigenvalue weighted by Crippen LogP contribution is -2.14. The molecule has 1 heterocycles. The molecule has 0 fully saturated rings. The van der Waals surface area contributed by atoms with Crippen LogP contribution in [0.5, 0.6) is 0 Å². The predicted molar refractivity (Wildman–Crippen MR) is 208 cm³/mol. The lowest BCUT2D eigenvalue weighted by Gasteiger charge is -2.29. The Morgan fingerprint density at radius 1 is 0.551 bits per heavy atom. The molecular weight excluding hydrogens is 593 g/mol. The van der Waals surface area contributed by atoms with Gasteiger partial charge in [0, 0.05) is 22.1 Å². The standard InChI is InChI=1S/C47H48N2/c1-45(2,3)35-17-14-20-39(46(4,5)6)36(27-26-35)31-21-23-32(24-22-31)42-30-43(49-44(48-42)33-15-10-9-11-16-33)34-25-28-41-38(29-34)37-18-12-13-19-40(37)47(41,7)8/h9-13,15-16,18-30H,14,17H2,1-8H3/b35-26-,36-27-,39-20+. The summed E-state index contributed by atoms with van der Waals surface area (Å²) in [5, 5.41) is 0. The number of aromatic nitrogens is 2. The molecule has 4 aromatic carbocycles. The van der Waals surface area contributed by atoms with Crippen LogP contribution in [0.15, 0.2) is 133 Å². The van der Waals surface area contributed by atoms with Gasteiger partial charge in [0.1, 0.15) is 0 Å². The molecule has 0 spiro atoms. The zero-order valence-corrected chi connectivity index (χ0v) is 30.4. The number of hydrogen-bond acceptors (Lipinski definition) is 2. The van der Waals surface area contributed by atoms with Gasteiger partial charge < -0.3 is 0 Å². The molecule has 0 atom stereocenters. The number of rotatable bonds is 4. The fraction of sp³-hybridized carbons (Fsp3) is 0.277. The molecule has 0 saturated carbocycles. The van der Waals surface area contributed by atoms with Crippen LogP contribution in [0.3, 0.4) is 0 Å². The van der Waals surface area contributed by atoms with Crippen molar-refractivity contribution in [3.8, 4) is 45.0 Å². The van der Waals surface area contributed by atoms with Crippen LogP contribution in [0.1, 0.15) is 84.9 Å². The Labute approximate surface area is 293 Å². The Morgan fingerprint density at radius 3 is 1.86 bits per heavy atom. The molecule has 2 aliphatic rings. The SMILES string of the molecule is CC(C)(C)\C1=C/C=C(c2ccc(-c3cc(-c4ccc5c(c4)-c4ccccc4C5(C)C)nc(-c4ccccc4)n3)cc2)\C(C(C)(C)C)=C/CC1. The number of fused-ring (bicyclic) bond motifs is 3.